The Morgan fingerprint density at radius 2 is 1.80 bits per heavy atom. The molecule has 0 saturated heterocycles. The first-order chi connectivity index (χ1) is 16.4. The average Bonchev–Trinajstić information content (AvgIpc) is 3.16. The SMILES string of the molecule is COC(=O)C(CNC(=O)OC(C)(C)C)NC(=O)c1sc(C(=O)NCCc2cccc(O)c2)cc1C. The summed E-state index contributed by atoms with van der Waals surface area (Å²) in [5.41, 5.74) is 0.720. The fraction of sp³-hybridized carbons (Fsp3) is 0.417. The molecule has 11 heteroatoms. The minimum absolute atomic E-state index is 0.157. The zero-order valence-corrected chi connectivity index (χ0v) is 21.2. The molecule has 0 radical (unpaired) electrons. The summed E-state index contributed by atoms with van der Waals surface area (Å²) in [6.45, 7) is 6.90. The highest BCUT2D eigenvalue weighted by Crippen LogP contribution is 2.22. The van der Waals surface area contributed by atoms with E-state index in [1.807, 2.05) is 6.07 Å². The van der Waals surface area contributed by atoms with Crippen LogP contribution in [0.2, 0.25) is 0 Å². The van der Waals surface area contributed by atoms with Gasteiger partial charge in [-0.1, -0.05) is 12.1 Å². The molecular formula is C24H31N3O7S. The monoisotopic (exact) mass is 505 g/mol. The van der Waals surface area contributed by atoms with Crippen LogP contribution in [0.25, 0.3) is 0 Å². The Morgan fingerprint density at radius 3 is 2.43 bits per heavy atom. The molecule has 1 unspecified atom stereocenters. The topological polar surface area (TPSA) is 143 Å². The van der Waals surface area contributed by atoms with Gasteiger partial charge in [-0.25, -0.2) is 9.59 Å². The van der Waals surface area contributed by atoms with Crippen LogP contribution >= 0.6 is 11.3 Å². The zero-order chi connectivity index (χ0) is 26.2. The van der Waals surface area contributed by atoms with Gasteiger partial charge >= 0.3 is 12.1 Å². The summed E-state index contributed by atoms with van der Waals surface area (Å²) in [7, 11) is 1.17. The normalized spacial score (nSPS) is 11.8. The van der Waals surface area contributed by atoms with Crippen molar-refractivity contribution in [3.05, 3.63) is 51.2 Å². The Morgan fingerprint density at radius 1 is 1.09 bits per heavy atom. The largest absolute Gasteiger partial charge is 0.508 e. The van der Waals surface area contributed by atoms with Crippen LogP contribution in [0.5, 0.6) is 5.75 Å². The van der Waals surface area contributed by atoms with Crippen molar-refractivity contribution in [2.45, 2.75) is 45.8 Å². The lowest BCUT2D eigenvalue weighted by Crippen LogP contribution is -2.49. The molecule has 0 aliphatic heterocycles. The summed E-state index contributed by atoms with van der Waals surface area (Å²) in [6.07, 6.45) is -0.207. The lowest BCUT2D eigenvalue weighted by Gasteiger charge is -2.21. The van der Waals surface area contributed by atoms with Gasteiger partial charge < -0.3 is 30.5 Å². The lowest BCUT2D eigenvalue weighted by molar-refractivity contribution is -0.142. The second-order valence-corrected chi connectivity index (χ2v) is 9.78. The Labute approximate surface area is 208 Å². The quantitative estimate of drug-likeness (QED) is 0.384. The number of phenolic OH excluding ortho intramolecular Hbond substituents is 1. The number of thiophene rings is 1. The van der Waals surface area contributed by atoms with Gasteiger partial charge in [-0.05, 0) is 63.4 Å². The van der Waals surface area contributed by atoms with Crippen molar-refractivity contribution in [3.63, 3.8) is 0 Å². The van der Waals surface area contributed by atoms with Crippen molar-refractivity contribution in [2.75, 3.05) is 20.2 Å². The standard InChI is InChI=1S/C24H31N3O7S/c1-14-11-18(20(29)25-10-9-15-7-6-8-16(28)12-15)35-19(14)21(30)27-17(22(31)33-5)13-26-23(32)34-24(2,3)4/h6-8,11-12,17,28H,9-10,13H2,1-5H3,(H,25,29)(H,26,32)(H,27,30). The summed E-state index contributed by atoms with van der Waals surface area (Å²) in [5, 5.41) is 17.3. The van der Waals surface area contributed by atoms with Crippen LogP contribution in [-0.4, -0.2) is 60.8 Å². The molecule has 0 bridgehead atoms. The number of carbonyl (C=O) groups is 4. The predicted molar refractivity (Wildman–Crippen MR) is 131 cm³/mol. The minimum atomic E-state index is -1.15. The Bertz CT molecular complexity index is 1080. The molecule has 0 aliphatic carbocycles. The number of aromatic hydroxyl groups is 1. The number of phenols is 1. The average molecular weight is 506 g/mol. The van der Waals surface area contributed by atoms with Gasteiger partial charge in [-0.2, -0.15) is 0 Å². The van der Waals surface area contributed by atoms with E-state index in [0.717, 1.165) is 16.9 Å². The first-order valence-electron chi connectivity index (χ1n) is 10.9. The second kappa shape index (κ2) is 12.2. The molecule has 1 aromatic carbocycles. The van der Waals surface area contributed by atoms with E-state index in [1.54, 1.807) is 52.0 Å². The van der Waals surface area contributed by atoms with Crippen molar-refractivity contribution in [2.24, 2.45) is 0 Å². The maximum Gasteiger partial charge on any atom is 0.407 e. The number of ether oxygens (including phenoxy) is 2. The van der Waals surface area contributed by atoms with E-state index in [1.165, 1.54) is 7.11 Å². The van der Waals surface area contributed by atoms with Crippen LogP contribution in [0, 0.1) is 6.92 Å². The molecule has 0 aliphatic rings. The van der Waals surface area contributed by atoms with Crippen LogP contribution in [-0.2, 0) is 20.7 Å². The molecule has 0 saturated carbocycles. The first-order valence-corrected chi connectivity index (χ1v) is 11.7. The fourth-order valence-corrected chi connectivity index (χ4v) is 3.99. The van der Waals surface area contributed by atoms with Crippen molar-refractivity contribution in [1.82, 2.24) is 16.0 Å². The van der Waals surface area contributed by atoms with Crippen molar-refractivity contribution >= 4 is 35.2 Å². The van der Waals surface area contributed by atoms with Crippen molar-refractivity contribution in [1.29, 1.82) is 0 Å². The van der Waals surface area contributed by atoms with Gasteiger partial charge in [0.1, 0.15) is 17.4 Å². The van der Waals surface area contributed by atoms with E-state index >= 15 is 0 Å². The number of methoxy groups -OCH3 is 1. The highest BCUT2D eigenvalue weighted by molar-refractivity contribution is 7.16. The number of hydrogen-bond acceptors (Lipinski definition) is 8. The number of alkyl carbamates (subject to hydrolysis) is 1. The molecule has 2 rings (SSSR count). The third-order valence-corrected chi connectivity index (χ3v) is 5.83. The number of hydrogen-bond donors (Lipinski definition) is 4. The van der Waals surface area contributed by atoms with Gasteiger partial charge in [0.2, 0.25) is 0 Å². The van der Waals surface area contributed by atoms with Crippen LogP contribution in [0.15, 0.2) is 30.3 Å². The van der Waals surface area contributed by atoms with Crippen LogP contribution in [0.3, 0.4) is 0 Å². The third-order valence-electron chi connectivity index (χ3n) is 4.60. The zero-order valence-electron chi connectivity index (χ0n) is 20.4. The number of carbonyl (C=O) groups excluding carboxylic acids is 4. The van der Waals surface area contributed by atoms with Crippen LogP contribution < -0.4 is 16.0 Å². The van der Waals surface area contributed by atoms with Gasteiger partial charge in [0.25, 0.3) is 11.8 Å². The summed E-state index contributed by atoms with van der Waals surface area (Å²) >= 11 is 0.990. The molecule has 1 aromatic heterocycles. The molecular weight excluding hydrogens is 474 g/mol. The Kier molecular flexibility index (Phi) is 9.64. The van der Waals surface area contributed by atoms with E-state index < -0.39 is 29.6 Å². The van der Waals surface area contributed by atoms with Gasteiger partial charge in [-0.15, -0.1) is 11.3 Å². The number of benzene rings is 1. The van der Waals surface area contributed by atoms with E-state index in [9.17, 15) is 24.3 Å². The molecule has 3 amide bonds. The van der Waals surface area contributed by atoms with Gasteiger partial charge in [-0.3, -0.25) is 9.59 Å². The Hall–Kier alpha value is -3.60. The van der Waals surface area contributed by atoms with Gasteiger partial charge in [0.05, 0.1) is 23.4 Å². The van der Waals surface area contributed by atoms with Crippen molar-refractivity contribution in [3.8, 4) is 5.75 Å². The number of nitrogens with one attached hydrogen (secondary N) is 3. The molecule has 0 spiro atoms. The Balaban J connectivity index is 1.98. The van der Waals surface area contributed by atoms with Crippen molar-refractivity contribution < 1.29 is 33.8 Å². The number of esters is 1. The minimum Gasteiger partial charge on any atom is -0.508 e. The summed E-state index contributed by atoms with van der Waals surface area (Å²) in [5.74, 6) is -1.50. The number of aryl methyl sites for hydroxylation is 1. The molecule has 35 heavy (non-hydrogen) atoms. The highest BCUT2D eigenvalue weighted by Gasteiger charge is 2.26. The first kappa shape index (κ1) is 27.6. The summed E-state index contributed by atoms with van der Waals surface area (Å²) in [6, 6.07) is 7.21. The third kappa shape index (κ3) is 8.93. The highest BCUT2D eigenvalue weighted by atomic mass is 32.1. The summed E-state index contributed by atoms with van der Waals surface area (Å²) < 4.78 is 9.86. The van der Waals surface area contributed by atoms with Crippen LogP contribution in [0.4, 0.5) is 4.79 Å². The lowest BCUT2D eigenvalue weighted by atomic mass is 10.1. The molecule has 10 nitrogen and oxygen atoms in total. The fourth-order valence-electron chi connectivity index (χ4n) is 3.00. The number of rotatable bonds is 9. The van der Waals surface area contributed by atoms with E-state index in [0.29, 0.717) is 23.4 Å². The predicted octanol–water partition coefficient (Wildman–Crippen LogP) is 2.53. The smallest absolute Gasteiger partial charge is 0.407 e. The maximum atomic E-state index is 12.8. The van der Waals surface area contributed by atoms with Gasteiger partial charge in [0.15, 0.2) is 0 Å². The molecule has 0 fully saturated rings. The van der Waals surface area contributed by atoms with E-state index in [4.69, 9.17) is 9.47 Å². The number of amides is 3. The molecule has 2 aromatic rings. The van der Waals surface area contributed by atoms with E-state index in [-0.39, 0.29) is 23.1 Å². The van der Waals surface area contributed by atoms with Crippen LogP contribution in [0.1, 0.15) is 51.2 Å². The molecule has 1 atom stereocenters. The molecule has 190 valence electrons. The molecule has 1 heterocycles. The second-order valence-electron chi connectivity index (χ2n) is 8.73. The summed E-state index contributed by atoms with van der Waals surface area (Å²) in [4.78, 5) is 50.0. The van der Waals surface area contributed by atoms with E-state index in [2.05, 4.69) is 16.0 Å². The van der Waals surface area contributed by atoms with Gasteiger partial charge in [0, 0.05) is 6.54 Å². The maximum absolute atomic E-state index is 12.8. The molecule has 4 N–H and O–H groups in total.